The molecule has 1 aromatic heterocycles. The molecule has 0 aliphatic carbocycles. The van der Waals surface area contributed by atoms with Crippen molar-refractivity contribution >= 4 is 34.5 Å². The zero-order chi connectivity index (χ0) is 27.2. The van der Waals surface area contributed by atoms with Crippen LogP contribution in [0.4, 0.5) is 15.9 Å². The topological polar surface area (TPSA) is 101 Å². The first-order valence-corrected chi connectivity index (χ1v) is 12.9. The molecule has 2 N–H and O–H groups in total. The van der Waals surface area contributed by atoms with E-state index in [1.54, 1.807) is 30.5 Å². The number of allylic oxidation sites excluding steroid dienone is 1. The first-order chi connectivity index (χ1) is 19.0. The number of aliphatic imine (C=N–C) groups is 1. The van der Waals surface area contributed by atoms with Crippen molar-refractivity contribution in [1.29, 1.82) is 0 Å². The Hall–Kier alpha value is -4.15. The Labute approximate surface area is 226 Å². The van der Waals surface area contributed by atoms with Crippen molar-refractivity contribution in [2.45, 2.75) is 13.0 Å². The monoisotopic (exact) mass is 530 g/mol. The molecule has 5 rings (SSSR count). The molecule has 10 heteroatoms. The zero-order valence-electron chi connectivity index (χ0n) is 21.8. The van der Waals surface area contributed by atoms with Gasteiger partial charge in [-0.1, -0.05) is 31.7 Å². The number of rotatable bonds is 9. The van der Waals surface area contributed by atoms with Gasteiger partial charge in [0, 0.05) is 54.5 Å². The number of ether oxygens (including phenoxy) is 2. The number of dihydropyridines is 1. The maximum Gasteiger partial charge on any atom is 0.247 e. The van der Waals surface area contributed by atoms with Gasteiger partial charge >= 0.3 is 0 Å². The maximum atomic E-state index is 14.5. The third kappa shape index (κ3) is 6.13. The number of nitrogens with one attached hydrogen (secondary N) is 2. The van der Waals surface area contributed by atoms with E-state index in [1.165, 1.54) is 18.5 Å². The minimum Gasteiger partial charge on any atom is -0.490 e. The number of fused-ring (bicyclic) bond motifs is 1. The van der Waals surface area contributed by atoms with Gasteiger partial charge in [-0.05, 0) is 24.3 Å². The Balaban J connectivity index is 1.40. The molecular weight excluding hydrogens is 499 g/mol. The average molecular weight is 531 g/mol. The van der Waals surface area contributed by atoms with E-state index in [2.05, 4.69) is 37.1 Å². The fraction of sp³-hybridized carbons (Fsp3) is 0.310. The second-order valence-electron chi connectivity index (χ2n) is 9.38. The minimum absolute atomic E-state index is 0.139. The summed E-state index contributed by atoms with van der Waals surface area (Å²) >= 11 is 0. The normalized spacial score (nSPS) is 19.4. The lowest BCUT2D eigenvalue weighted by atomic mass is 9.90. The number of benzene rings is 2. The van der Waals surface area contributed by atoms with Crippen LogP contribution in [0.1, 0.15) is 18.5 Å². The lowest BCUT2D eigenvalue weighted by molar-refractivity contribution is -0.111. The van der Waals surface area contributed by atoms with Crippen molar-refractivity contribution in [2.24, 2.45) is 10.9 Å². The number of nitrogens with zero attached hydrogens (tertiary/aromatic N) is 4. The van der Waals surface area contributed by atoms with Gasteiger partial charge in [0.2, 0.25) is 5.91 Å². The van der Waals surface area contributed by atoms with Gasteiger partial charge < -0.3 is 20.1 Å². The number of anilines is 2. The number of carbonyl (C=O) groups is 1. The van der Waals surface area contributed by atoms with Crippen LogP contribution in [0.25, 0.3) is 10.9 Å². The smallest absolute Gasteiger partial charge is 0.247 e. The van der Waals surface area contributed by atoms with Crippen LogP contribution >= 0.6 is 0 Å². The van der Waals surface area contributed by atoms with E-state index in [1.807, 2.05) is 19.1 Å². The van der Waals surface area contributed by atoms with Crippen LogP contribution in [0.3, 0.4) is 0 Å². The molecule has 2 aliphatic rings. The maximum absolute atomic E-state index is 14.5. The minimum atomic E-state index is -0.374. The molecule has 2 aliphatic heterocycles. The van der Waals surface area contributed by atoms with Crippen LogP contribution in [0.2, 0.25) is 0 Å². The predicted octanol–water partition coefficient (Wildman–Crippen LogP) is 4.36. The Kier molecular flexibility index (Phi) is 8.24. The number of hydrogen-bond donors (Lipinski definition) is 2. The van der Waals surface area contributed by atoms with Gasteiger partial charge in [-0.3, -0.25) is 14.7 Å². The molecule has 1 amide bonds. The van der Waals surface area contributed by atoms with Crippen molar-refractivity contribution in [1.82, 2.24) is 14.9 Å². The van der Waals surface area contributed by atoms with Gasteiger partial charge in [-0.15, -0.1) is 0 Å². The van der Waals surface area contributed by atoms with Crippen LogP contribution in [-0.4, -0.2) is 66.4 Å². The summed E-state index contributed by atoms with van der Waals surface area (Å²) in [4.78, 5) is 27.9. The van der Waals surface area contributed by atoms with Crippen LogP contribution in [-0.2, 0) is 9.53 Å². The van der Waals surface area contributed by atoms with E-state index in [-0.39, 0.29) is 23.7 Å². The van der Waals surface area contributed by atoms with Gasteiger partial charge in [0.15, 0.2) is 0 Å². The number of morpholine rings is 1. The summed E-state index contributed by atoms with van der Waals surface area (Å²) in [6.45, 7) is 9.88. The molecule has 39 heavy (non-hydrogen) atoms. The van der Waals surface area contributed by atoms with Crippen LogP contribution in [0.15, 0.2) is 72.1 Å². The van der Waals surface area contributed by atoms with Crippen molar-refractivity contribution in [2.75, 3.05) is 50.1 Å². The average Bonchev–Trinajstić information content (AvgIpc) is 2.95. The quantitative estimate of drug-likeness (QED) is 0.397. The molecule has 2 atom stereocenters. The summed E-state index contributed by atoms with van der Waals surface area (Å²) in [6, 6.07) is 9.89. The Morgan fingerprint density at radius 3 is 2.87 bits per heavy atom. The highest BCUT2D eigenvalue weighted by atomic mass is 19.1. The lowest BCUT2D eigenvalue weighted by Gasteiger charge is -2.27. The van der Waals surface area contributed by atoms with E-state index in [9.17, 15) is 9.18 Å². The molecule has 3 heterocycles. The molecule has 0 radical (unpaired) electrons. The third-order valence-corrected chi connectivity index (χ3v) is 6.90. The van der Waals surface area contributed by atoms with E-state index in [4.69, 9.17) is 9.47 Å². The second-order valence-corrected chi connectivity index (χ2v) is 9.38. The molecule has 2 unspecified atom stereocenters. The van der Waals surface area contributed by atoms with Gasteiger partial charge in [-0.25, -0.2) is 14.4 Å². The lowest BCUT2D eigenvalue weighted by Crippen LogP contribution is -2.38. The highest BCUT2D eigenvalue weighted by molar-refractivity contribution is 6.03. The van der Waals surface area contributed by atoms with E-state index in [0.717, 1.165) is 25.3 Å². The fourth-order valence-corrected chi connectivity index (χ4v) is 4.72. The van der Waals surface area contributed by atoms with Crippen LogP contribution in [0, 0.1) is 11.7 Å². The second kappa shape index (κ2) is 12.1. The number of amides is 1. The Morgan fingerprint density at radius 2 is 2.08 bits per heavy atom. The van der Waals surface area contributed by atoms with Crippen molar-refractivity contribution < 1.29 is 18.7 Å². The fourth-order valence-electron chi connectivity index (χ4n) is 4.72. The van der Waals surface area contributed by atoms with Crippen molar-refractivity contribution in [3.63, 3.8) is 0 Å². The van der Waals surface area contributed by atoms with Gasteiger partial charge in [0.05, 0.1) is 30.5 Å². The molecular formula is C29H31FN6O3. The summed E-state index contributed by atoms with van der Waals surface area (Å²) in [7, 11) is 0. The molecule has 1 saturated heterocycles. The third-order valence-electron chi connectivity index (χ3n) is 6.90. The summed E-state index contributed by atoms with van der Waals surface area (Å²) in [5, 5.41) is 6.93. The highest BCUT2D eigenvalue weighted by Crippen LogP contribution is 2.37. The summed E-state index contributed by atoms with van der Waals surface area (Å²) < 4.78 is 26.0. The first kappa shape index (κ1) is 26.5. The standard InChI is InChI=1S/C29H31FN6O3/c1-3-27(37)34-25-16-21-24(17-26(25)39-15-12-36-10-13-38-14-11-36)32-18-33-29(21)35-23-8-9-31-28(19(23)2)20-6-4-5-7-22(20)30/h3-9,16-19,28H,1,10-15H2,2H3,(H,34,37)(H,32,33,35). The summed E-state index contributed by atoms with van der Waals surface area (Å²) in [6.07, 6.45) is 6.22. The molecule has 1 fully saturated rings. The largest absolute Gasteiger partial charge is 0.490 e. The molecule has 9 nitrogen and oxygen atoms in total. The number of hydrogen-bond acceptors (Lipinski definition) is 8. The zero-order valence-corrected chi connectivity index (χ0v) is 21.8. The summed E-state index contributed by atoms with van der Waals surface area (Å²) in [5.41, 5.74) is 2.51. The SMILES string of the molecule is C=CC(=O)Nc1cc2c(NC3=CC=NC(c4ccccc4F)C3C)ncnc2cc1OCCN1CCOCC1. The molecule has 0 saturated carbocycles. The molecule has 202 valence electrons. The highest BCUT2D eigenvalue weighted by Gasteiger charge is 2.27. The van der Waals surface area contributed by atoms with E-state index >= 15 is 0 Å². The summed E-state index contributed by atoms with van der Waals surface area (Å²) in [5.74, 6) is 0.275. The van der Waals surface area contributed by atoms with E-state index in [0.29, 0.717) is 53.5 Å². The number of halogens is 1. The molecule has 0 spiro atoms. The predicted molar refractivity (Wildman–Crippen MR) is 150 cm³/mol. The Morgan fingerprint density at radius 1 is 1.26 bits per heavy atom. The molecule has 3 aromatic rings. The van der Waals surface area contributed by atoms with Crippen LogP contribution in [0.5, 0.6) is 5.75 Å². The van der Waals surface area contributed by atoms with Crippen LogP contribution < -0.4 is 15.4 Å². The van der Waals surface area contributed by atoms with Gasteiger partial charge in [-0.2, -0.15) is 0 Å². The molecule has 2 aromatic carbocycles. The van der Waals surface area contributed by atoms with Crippen molar-refractivity contribution in [3.8, 4) is 5.75 Å². The Bertz CT molecular complexity index is 1420. The number of carbonyl (C=O) groups excluding carboxylic acids is 1. The number of aromatic nitrogens is 2. The van der Waals surface area contributed by atoms with Gasteiger partial charge in [0.25, 0.3) is 0 Å². The van der Waals surface area contributed by atoms with Crippen molar-refractivity contribution in [3.05, 3.63) is 78.5 Å². The first-order valence-electron chi connectivity index (χ1n) is 12.9. The van der Waals surface area contributed by atoms with E-state index < -0.39 is 0 Å². The van der Waals surface area contributed by atoms with Gasteiger partial charge in [0.1, 0.15) is 30.3 Å². The molecule has 0 bridgehead atoms.